The summed E-state index contributed by atoms with van der Waals surface area (Å²) >= 11 is 0. The van der Waals surface area contributed by atoms with Crippen molar-refractivity contribution in [1.82, 2.24) is 0 Å². The van der Waals surface area contributed by atoms with Crippen molar-refractivity contribution < 1.29 is 27.8 Å². The summed E-state index contributed by atoms with van der Waals surface area (Å²) in [6, 6.07) is 5.92. The number of carboxylic acids is 1. The third-order valence-electron chi connectivity index (χ3n) is 5.97. The van der Waals surface area contributed by atoms with Crippen LogP contribution in [0.15, 0.2) is 18.2 Å². The van der Waals surface area contributed by atoms with Crippen LogP contribution in [-0.4, -0.2) is 38.0 Å². The number of sulfonamides is 1. The second-order valence-corrected chi connectivity index (χ2v) is 11.6. The summed E-state index contributed by atoms with van der Waals surface area (Å²) in [5, 5.41) is 10.2. The highest BCUT2D eigenvalue weighted by Gasteiger charge is 2.34. The van der Waals surface area contributed by atoms with E-state index >= 15 is 0 Å². The van der Waals surface area contributed by atoms with Crippen LogP contribution in [0.5, 0.6) is 5.75 Å². The van der Waals surface area contributed by atoms with Crippen LogP contribution in [0.3, 0.4) is 0 Å². The van der Waals surface area contributed by atoms with Gasteiger partial charge in [0.1, 0.15) is 5.75 Å². The van der Waals surface area contributed by atoms with Crippen LogP contribution < -0.4 is 9.46 Å². The van der Waals surface area contributed by atoms with Gasteiger partial charge in [-0.2, -0.15) is 0 Å². The quantitative estimate of drug-likeness (QED) is 0.556. The summed E-state index contributed by atoms with van der Waals surface area (Å²) in [5.41, 5.74) is 5.05. The normalized spacial score (nSPS) is 14.8. The Morgan fingerprint density at radius 3 is 2.47 bits per heavy atom. The molecule has 1 unspecified atom stereocenters. The second kappa shape index (κ2) is 9.58. The van der Waals surface area contributed by atoms with Gasteiger partial charge in [0.25, 0.3) is 0 Å². The predicted octanol–water partition coefficient (Wildman–Crippen LogP) is 5.17. The van der Waals surface area contributed by atoms with Crippen molar-refractivity contribution >= 4 is 21.7 Å². The Kier molecular flexibility index (Phi) is 7.34. The number of aryl methyl sites for hydroxylation is 1. The van der Waals surface area contributed by atoms with Gasteiger partial charge in [-0.1, -0.05) is 13.0 Å². The highest BCUT2D eigenvalue weighted by Crippen LogP contribution is 2.44. The van der Waals surface area contributed by atoms with Crippen LogP contribution in [-0.2, 0) is 32.4 Å². The van der Waals surface area contributed by atoms with Gasteiger partial charge in [0.15, 0.2) is 6.10 Å². The number of benzene rings is 2. The molecule has 0 amide bonds. The summed E-state index contributed by atoms with van der Waals surface area (Å²) in [7, 11) is -3.59. The highest BCUT2D eigenvalue weighted by molar-refractivity contribution is 7.92. The lowest BCUT2D eigenvalue weighted by Gasteiger charge is -2.31. The van der Waals surface area contributed by atoms with E-state index in [2.05, 4.69) is 10.8 Å². The molecule has 186 valence electrons. The van der Waals surface area contributed by atoms with Gasteiger partial charge in [-0.15, -0.1) is 0 Å². The Morgan fingerprint density at radius 2 is 1.91 bits per heavy atom. The molecule has 0 radical (unpaired) electrons. The first-order chi connectivity index (χ1) is 15.7. The van der Waals surface area contributed by atoms with Gasteiger partial charge in [0.2, 0.25) is 10.0 Å². The first kappa shape index (κ1) is 26.0. The van der Waals surface area contributed by atoms with Crippen molar-refractivity contribution in [2.24, 2.45) is 0 Å². The summed E-state index contributed by atoms with van der Waals surface area (Å²) in [6.07, 6.45) is 2.18. The monoisotopic (exact) mass is 489 g/mol. The maximum absolute atomic E-state index is 12.5. The Hall–Kier alpha value is -2.58. The zero-order valence-corrected chi connectivity index (χ0v) is 21.9. The van der Waals surface area contributed by atoms with E-state index in [0.29, 0.717) is 29.8 Å². The molecule has 0 saturated heterocycles. The van der Waals surface area contributed by atoms with E-state index in [0.717, 1.165) is 52.7 Å². The minimum atomic E-state index is -3.59. The van der Waals surface area contributed by atoms with Gasteiger partial charge >= 0.3 is 5.97 Å². The SMILES string of the molecule is CCc1c(C)c(-c2ccc3c(c2)CCCO3)c(C(OC(C)(C)C)C(=O)O)c(C)c1NS(C)(=O)=O. The predicted molar refractivity (Wildman–Crippen MR) is 134 cm³/mol. The zero-order chi connectivity index (χ0) is 25.4. The van der Waals surface area contributed by atoms with Crippen molar-refractivity contribution in [2.75, 3.05) is 17.6 Å². The molecule has 1 aliphatic rings. The van der Waals surface area contributed by atoms with Gasteiger partial charge < -0.3 is 14.6 Å². The number of hydrogen-bond donors (Lipinski definition) is 2. The number of aliphatic carboxylic acids is 1. The number of ether oxygens (including phenoxy) is 2. The Labute approximate surface area is 202 Å². The van der Waals surface area contributed by atoms with Gasteiger partial charge in [-0.3, -0.25) is 4.72 Å². The molecule has 8 heteroatoms. The Balaban J connectivity index is 2.41. The molecule has 0 saturated carbocycles. The zero-order valence-electron chi connectivity index (χ0n) is 21.0. The van der Waals surface area contributed by atoms with Crippen molar-refractivity contribution in [2.45, 2.75) is 72.5 Å². The fraction of sp³-hybridized carbons (Fsp3) is 0.500. The summed E-state index contributed by atoms with van der Waals surface area (Å²) < 4.78 is 38.9. The standard InChI is InChI=1S/C26H35NO6S/c1-8-19-15(2)21(18-11-12-20-17(14-18)10-9-13-32-20)22(16(3)23(19)27-34(7,30)31)24(25(28)29)33-26(4,5)6/h11-12,14,24,27H,8-10,13H2,1-7H3,(H,28,29). The Bertz CT molecular complexity index is 1210. The van der Waals surface area contributed by atoms with Gasteiger partial charge in [0.05, 0.1) is 24.2 Å². The first-order valence-corrected chi connectivity index (χ1v) is 13.4. The molecule has 1 aliphatic heterocycles. The fourth-order valence-electron chi connectivity index (χ4n) is 4.66. The van der Waals surface area contributed by atoms with E-state index in [4.69, 9.17) is 9.47 Å². The minimum Gasteiger partial charge on any atom is -0.493 e. The number of hydrogen-bond acceptors (Lipinski definition) is 5. The van der Waals surface area contributed by atoms with E-state index in [-0.39, 0.29) is 0 Å². The molecule has 3 rings (SSSR count). The van der Waals surface area contributed by atoms with Crippen molar-refractivity contribution in [3.8, 4) is 16.9 Å². The molecule has 2 aromatic rings. The molecular formula is C26H35NO6S. The van der Waals surface area contributed by atoms with Crippen LogP contribution in [0.1, 0.15) is 68.0 Å². The lowest BCUT2D eigenvalue weighted by atomic mass is 9.83. The summed E-state index contributed by atoms with van der Waals surface area (Å²) in [4.78, 5) is 12.5. The van der Waals surface area contributed by atoms with Crippen LogP contribution in [0.25, 0.3) is 11.1 Å². The number of rotatable bonds is 7. The molecule has 0 aromatic heterocycles. The molecule has 34 heavy (non-hydrogen) atoms. The lowest BCUT2D eigenvalue weighted by molar-refractivity contribution is -0.160. The molecule has 2 aromatic carbocycles. The second-order valence-electron chi connectivity index (χ2n) is 9.84. The molecule has 7 nitrogen and oxygen atoms in total. The molecular weight excluding hydrogens is 454 g/mol. The van der Waals surface area contributed by atoms with Crippen molar-refractivity contribution in [1.29, 1.82) is 0 Å². The van der Waals surface area contributed by atoms with Crippen LogP contribution in [0.2, 0.25) is 0 Å². The maximum atomic E-state index is 12.5. The molecule has 0 bridgehead atoms. The largest absolute Gasteiger partial charge is 0.493 e. The summed E-state index contributed by atoms with van der Waals surface area (Å²) in [6.45, 7) is 11.7. The molecule has 0 spiro atoms. The fourth-order valence-corrected chi connectivity index (χ4v) is 5.30. The number of fused-ring (bicyclic) bond motifs is 1. The van der Waals surface area contributed by atoms with Crippen molar-refractivity contribution in [3.05, 3.63) is 46.0 Å². The van der Waals surface area contributed by atoms with E-state index in [9.17, 15) is 18.3 Å². The number of carbonyl (C=O) groups is 1. The Morgan fingerprint density at radius 1 is 1.24 bits per heavy atom. The number of carboxylic acid groups (broad SMARTS) is 1. The third-order valence-corrected chi connectivity index (χ3v) is 6.55. The average molecular weight is 490 g/mol. The lowest BCUT2D eigenvalue weighted by Crippen LogP contribution is -2.29. The summed E-state index contributed by atoms with van der Waals surface area (Å²) in [5.74, 6) is -0.285. The molecule has 0 fully saturated rings. The van der Waals surface area contributed by atoms with Crippen LogP contribution in [0.4, 0.5) is 5.69 Å². The third kappa shape index (κ3) is 5.55. The topological polar surface area (TPSA) is 102 Å². The first-order valence-electron chi connectivity index (χ1n) is 11.5. The van der Waals surface area contributed by atoms with Crippen molar-refractivity contribution in [3.63, 3.8) is 0 Å². The van der Waals surface area contributed by atoms with E-state index in [1.165, 1.54) is 0 Å². The molecule has 2 N–H and O–H groups in total. The molecule has 1 atom stereocenters. The smallest absolute Gasteiger partial charge is 0.337 e. The molecule has 1 heterocycles. The highest BCUT2D eigenvalue weighted by atomic mass is 32.2. The van der Waals surface area contributed by atoms with Gasteiger partial charge in [0, 0.05) is 5.56 Å². The minimum absolute atomic E-state index is 0.423. The molecule has 0 aliphatic carbocycles. The van der Waals surface area contributed by atoms with Crippen LogP contribution in [0, 0.1) is 13.8 Å². The van der Waals surface area contributed by atoms with Gasteiger partial charge in [-0.05, 0) is 99.4 Å². The maximum Gasteiger partial charge on any atom is 0.337 e. The van der Waals surface area contributed by atoms with E-state index < -0.39 is 27.7 Å². The van der Waals surface area contributed by atoms with Crippen LogP contribution >= 0.6 is 0 Å². The number of anilines is 1. The van der Waals surface area contributed by atoms with E-state index in [1.807, 2.05) is 26.0 Å². The number of nitrogens with one attached hydrogen (secondary N) is 1. The average Bonchev–Trinajstić information content (AvgIpc) is 2.72. The van der Waals surface area contributed by atoms with Gasteiger partial charge in [-0.25, -0.2) is 13.2 Å². The van der Waals surface area contributed by atoms with E-state index in [1.54, 1.807) is 27.7 Å².